The van der Waals surface area contributed by atoms with E-state index < -0.39 is 12.0 Å². The highest BCUT2D eigenvalue weighted by molar-refractivity contribution is 5.95. The number of carbonyl (C=O) groups excluding carboxylic acids is 2. The second kappa shape index (κ2) is 8.71. The lowest BCUT2D eigenvalue weighted by molar-refractivity contribution is -0.142. The van der Waals surface area contributed by atoms with Crippen molar-refractivity contribution in [1.82, 2.24) is 5.32 Å². The van der Waals surface area contributed by atoms with Crippen LogP contribution in [0.2, 0.25) is 0 Å². The molecule has 0 aliphatic carbocycles. The first-order chi connectivity index (χ1) is 13.2. The lowest BCUT2D eigenvalue weighted by atomic mass is 10.0. The molecular weight excluding hydrogens is 346 g/mol. The van der Waals surface area contributed by atoms with Gasteiger partial charge in [0, 0.05) is 5.56 Å². The first kappa shape index (κ1) is 18.3. The van der Waals surface area contributed by atoms with Crippen molar-refractivity contribution in [2.75, 3.05) is 13.7 Å². The van der Waals surface area contributed by atoms with Crippen molar-refractivity contribution in [3.63, 3.8) is 0 Å². The molecule has 0 aliphatic rings. The number of esters is 1. The third kappa shape index (κ3) is 4.76. The van der Waals surface area contributed by atoms with Crippen molar-refractivity contribution >= 4 is 11.9 Å². The number of furan rings is 1. The van der Waals surface area contributed by atoms with Gasteiger partial charge in [-0.05, 0) is 35.9 Å². The maximum Gasteiger partial charge on any atom is 0.343 e. The fraction of sp³-hybridized carbons (Fsp3) is 0.143. The average Bonchev–Trinajstić information content (AvgIpc) is 3.25. The number of nitrogens with one attached hydrogen (secondary N) is 1. The number of carbonyl (C=O) groups is 2. The van der Waals surface area contributed by atoms with Gasteiger partial charge in [-0.15, -0.1) is 0 Å². The summed E-state index contributed by atoms with van der Waals surface area (Å²) in [6.45, 7) is -0.222. The van der Waals surface area contributed by atoms with Gasteiger partial charge in [-0.2, -0.15) is 0 Å². The Morgan fingerprint density at radius 2 is 1.85 bits per heavy atom. The SMILES string of the molecule is COC(=O)COc1cccc(C(=O)NC(c2ccccc2)c2ccco2)c1. The van der Waals surface area contributed by atoms with E-state index in [1.54, 1.807) is 36.6 Å². The smallest absolute Gasteiger partial charge is 0.343 e. The van der Waals surface area contributed by atoms with Crippen LogP contribution in [0.1, 0.15) is 27.7 Å². The molecule has 0 aliphatic heterocycles. The number of hydrogen-bond donors (Lipinski definition) is 1. The zero-order valence-electron chi connectivity index (χ0n) is 14.8. The third-order valence-corrected chi connectivity index (χ3v) is 3.92. The maximum atomic E-state index is 12.8. The lowest BCUT2D eigenvalue weighted by Crippen LogP contribution is -2.29. The van der Waals surface area contributed by atoms with Crippen LogP contribution in [0.4, 0.5) is 0 Å². The molecule has 0 bridgehead atoms. The minimum Gasteiger partial charge on any atom is -0.482 e. The molecule has 6 nitrogen and oxygen atoms in total. The monoisotopic (exact) mass is 365 g/mol. The Morgan fingerprint density at radius 1 is 1.04 bits per heavy atom. The van der Waals surface area contributed by atoms with E-state index in [-0.39, 0.29) is 12.5 Å². The van der Waals surface area contributed by atoms with Crippen LogP contribution < -0.4 is 10.1 Å². The number of methoxy groups -OCH3 is 1. The number of ether oxygens (including phenoxy) is 2. The van der Waals surface area contributed by atoms with Crippen LogP contribution in [0, 0.1) is 0 Å². The van der Waals surface area contributed by atoms with E-state index in [0.717, 1.165) is 5.56 Å². The summed E-state index contributed by atoms with van der Waals surface area (Å²) in [5, 5.41) is 2.98. The van der Waals surface area contributed by atoms with Crippen LogP contribution in [0.3, 0.4) is 0 Å². The van der Waals surface area contributed by atoms with Crippen molar-refractivity contribution in [3.8, 4) is 5.75 Å². The Hall–Kier alpha value is -3.54. The van der Waals surface area contributed by atoms with Gasteiger partial charge in [0.05, 0.1) is 13.4 Å². The van der Waals surface area contributed by atoms with E-state index >= 15 is 0 Å². The molecule has 3 aromatic rings. The molecular formula is C21H19NO5. The van der Waals surface area contributed by atoms with Crippen molar-refractivity contribution in [1.29, 1.82) is 0 Å². The second-order valence-electron chi connectivity index (χ2n) is 5.73. The molecule has 2 aromatic carbocycles. The zero-order valence-corrected chi connectivity index (χ0v) is 14.8. The van der Waals surface area contributed by atoms with Gasteiger partial charge in [0.1, 0.15) is 17.6 Å². The Kier molecular flexibility index (Phi) is 5.89. The summed E-state index contributed by atoms with van der Waals surface area (Å²) in [5.41, 5.74) is 1.31. The normalized spacial score (nSPS) is 11.4. The molecule has 0 radical (unpaired) electrons. The highest BCUT2D eigenvalue weighted by Gasteiger charge is 2.20. The first-order valence-electron chi connectivity index (χ1n) is 8.36. The summed E-state index contributed by atoms with van der Waals surface area (Å²) < 4.78 is 15.4. The zero-order chi connectivity index (χ0) is 19.1. The lowest BCUT2D eigenvalue weighted by Gasteiger charge is -2.17. The van der Waals surface area contributed by atoms with Crippen LogP contribution in [0.5, 0.6) is 5.75 Å². The van der Waals surface area contributed by atoms with Gasteiger partial charge in [0.15, 0.2) is 6.61 Å². The molecule has 0 spiro atoms. The van der Waals surface area contributed by atoms with Crippen molar-refractivity contribution in [3.05, 3.63) is 89.9 Å². The fourth-order valence-electron chi connectivity index (χ4n) is 2.56. The molecule has 0 saturated heterocycles. The Bertz CT molecular complexity index is 890. The molecule has 1 amide bonds. The fourth-order valence-corrected chi connectivity index (χ4v) is 2.56. The first-order valence-corrected chi connectivity index (χ1v) is 8.36. The summed E-state index contributed by atoms with van der Waals surface area (Å²) in [5.74, 6) is 0.255. The largest absolute Gasteiger partial charge is 0.482 e. The highest BCUT2D eigenvalue weighted by atomic mass is 16.6. The van der Waals surface area contributed by atoms with Gasteiger partial charge >= 0.3 is 5.97 Å². The van der Waals surface area contributed by atoms with Gasteiger partial charge in [-0.3, -0.25) is 4.79 Å². The summed E-state index contributed by atoms with van der Waals surface area (Å²) in [6.07, 6.45) is 1.57. The molecule has 6 heteroatoms. The predicted octanol–water partition coefficient (Wildman–Crippen LogP) is 3.35. The van der Waals surface area contributed by atoms with E-state index in [0.29, 0.717) is 17.1 Å². The maximum absolute atomic E-state index is 12.8. The summed E-state index contributed by atoms with van der Waals surface area (Å²) in [4.78, 5) is 24.0. The van der Waals surface area contributed by atoms with E-state index in [2.05, 4.69) is 10.1 Å². The van der Waals surface area contributed by atoms with E-state index in [1.165, 1.54) is 7.11 Å². The molecule has 138 valence electrons. The van der Waals surface area contributed by atoms with E-state index in [4.69, 9.17) is 9.15 Å². The molecule has 1 aromatic heterocycles. The van der Waals surface area contributed by atoms with Gasteiger partial charge < -0.3 is 19.2 Å². The number of amides is 1. The molecule has 3 rings (SSSR count). The average molecular weight is 365 g/mol. The Morgan fingerprint density at radius 3 is 2.56 bits per heavy atom. The molecule has 27 heavy (non-hydrogen) atoms. The minimum absolute atomic E-state index is 0.222. The quantitative estimate of drug-likeness (QED) is 0.650. The molecule has 1 unspecified atom stereocenters. The van der Waals surface area contributed by atoms with E-state index in [1.807, 2.05) is 36.4 Å². The highest BCUT2D eigenvalue weighted by Crippen LogP contribution is 2.23. The molecule has 0 fully saturated rings. The summed E-state index contributed by atoms with van der Waals surface area (Å²) >= 11 is 0. The van der Waals surface area contributed by atoms with Crippen LogP contribution in [-0.4, -0.2) is 25.6 Å². The van der Waals surface area contributed by atoms with Crippen molar-refractivity contribution in [2.45, 2.75) is 6.04 Å². The minimum atomic E-state index is -0.494. The van der Waals surface area contributed by atoms with Gasteiger partial charge in [-0.25, -0.2) is 4.79 Å². The summed E-state index contributed by atoms with van der Waals surface area (Å²) in [7, 11) is 1.29. The van der Waals surface area contributed by atoms with Gasteiger partial charge in [0.2, 0.25) is 0 Å². The summed E-state index contributed by atoms with van der Waals surface area (Å²) in [6, 6.07) is 19.3. The topological polar surface area (TPSA) is 77.8 Å². The predicted molar refractivity (Wildman–Crippen MR) is 98.4 cm³/mol. The molecule has 0 saturated carbocycles. The Balaban J connectivity index is 1.77. The third-order valence-electron chi connectivity index (χ3n) is 3.92. The molecule has 1 heterocycles. The standard InChI is InChI=1S/C21H19NO5/c1-25-19(23)14-27-17-10-5-9-16(13-17)21(24)22-20(18-11-6-12-26-18)15-7-3-2-4-8-15/h2-13,20H,14H2,1H3,(H,22,24). The number of benzene rings is 2. The number of rotatable bonds is 7. The van der Waals surface area contributed by atoms with E-state index in [9.17, 15) is 9.59 Å². The van der Waals surface area contributed by atoms with Crippen LogP contribution >= 0.6 is 0 Å². The van der Waals surface area contributed by atoms with Gasteiger partial charge in [-0.1, -0.05) is 36.4 Å². The van der Waals surface area contributed by atoms with Gasteiger partial charge in [0.25, 0.3) is 5.91 Å². The van der Waals surface area contributed by atoms with Crippen LogP contribution in [0.25, 0.3) is 0 Å². The second-order valence-corrected chi connectivity index (χ2v) is 5.73. The van der Waals surface area contributed by atoms with Crippen LogP contribution in [-0.2, 0) is 9.53 Å². The van der Waals surface area contributed by atoms with Crippen LogP contribution in [0.15, 0.2) is 77.4 Å². The van der Waals surface area contributed by atoms with Crippen molar-refractivity contribution in [2.24, 2.45) is 0 Å². The Labute approximate surface area is 156 Å². The van der Waals surface area contributed by atoms with Crippen molar-refractivity contribution < 1.29 is 23.5 Å². The molecule has 1 atom stereocenters. The number of hydrogen-bond acceptors (Lipinski definition) is 5. The molecule has 1 N–H and O–H groups in total.